The Bertz CT molecular complexity index is 1450. The minimum absolute atomic E-state index is 0. The number of hydrogen-bond donors (Lipinski definition) is 4. The molecule has 3 aromatic carbocycles. The first-order chi connectivity index (χ1) is 24.0. The number of anilines is 3. The van der Waals surface area contributed by atoms with E-state index in [1.165, 1.54) is 30.3 Å². The number of nitrogens with two attached hydrogens (primary N) is 2. The topological polar surface area (TPSA) is 172 Å². The predicted octanol–water partition coefficient (Wildman–Crippen LogP) is 7.38. The predicted molar refractivity (Wildman–Crippen MR) is 226 cm³/mol. The van der Waals surface area contributed by atoms with E-state index < -0.39 is 10.7 Å². The Hall–Kier alpha value is -3.79. The second-order valence-corrected chi connectivity index (χ2v) is 12.7. The van der Waals surface area contributed by atoms with Crippen LogP contribution in [0.2, 0.25) is 0 Å². The van der Waals surface area contributed by atoms with E-state index in [4.69, 9.17) is 11.5 Å². The van der Waals surface area contributed by atoms with E-state index in [0.717, 1.165) is 94.1 Å². The number of nitro groups is 2. The van der Waals surface area contributed by atoms with E-state index in [2.05, 4.69) is 60.3 Å². The lowest BCUT2D eigenvalue weighted by atomic mass is 10.2. The van der Waals surface area contributed by atoms with Gasteiger partial charge in [-0.15, -0.1) is 24.8 Å². The molecule has 0 radical (unpaired) electrons. The standard InChI is InChI=1S/C12H19N3O2.C12H21N3.C7H6FNO2.C6H16N2.2ClH/c1-10-9-11(15(16)17)5-6-12(10)13-7-4-8-14(2)3;1-10-9-11(13)5-6-12(10)14-7-4-8-15(2)3;1-5-4-6(9(10)11)2-3-7(5)8;1-3-8(2)6-4-5-7;;/h5-6,9,13H,4,7-8H2,1-3H3;5-6,9,14H,4,7-8,13H2,1-3H3;2-4H,1H3;3-7H2,1-2H3;2*1H. The van der Waals surface area contributed by atoms with Crippen LogP contribution in [0.25, 0.3) is 0 Å². The van der Waals surface area contributed by atoms with Crippen molar-refractivity contribution in [1.82, 2.24) is 14.7 Å². The maximum Gasteiger partial charge on any atom is 0.269 e. The maximum absolute atomic E-state index is 12.5. The van der Waals surface area contributed by atoms with Crippen LogP contribution in [0.4, 0.5) is 32.8 Å². The summed E-state index contributed by atoms with van der Waals surface area (Å²) < 4.78 is 12.5. The monoisotopic (exact) mass is 787 g/mol. The van der Waals surface area contributed by atoms with Gasteiger partial charge in [-0.25, -0.2) is 4.39 Å². The smallest absolute Gasteiger partial charge is 0.269 e. The van der Waals surface area contributed by atoms with Crippen LogP contribution in [0.1, 0.15) is 42.9 Å². The minimum Gasteiger partial charge on any atom is -0.399 e. The van der Waals surface area contributed by atoms with Gasteiger partial charge in [-0.1, -0.05) is 6.92 Å². The Labute approximate surface area is 328 Å². The summed E-state index contributed by atoms with van der Waals surface area (Å²) in [5.74, 6) is -0.421. The van der Waals surface area contributed by atoms with Crippen LogP contribution < -0.4 is 22.1 Å². The highest BCUT2D eigenvalue weighted by molar-refractivity contribution is 5.85. The number of aryl methyl sites for hydroxylation is 3. The van der Waals surface area contributed by atoms with E-state index in [-0.39, 0.29) is 41.1 Å². The van der Waals surface area contributed by atoms with Crippen molar-refractivity contribution < 1.29 is 14.2 Å². The molecule has 3 rings (SSSR count). The molecule has 302 valence electrons. The number of rotatable bonds is 16. The second-order valence-electron chi connectivity index (χ2n) is 12.7. The van der Waals surface area contributed by atoms with Gasteiger partial charge in [0.1, 0.15) is 5.82 Å². The number of nitrogens with zero attached hydrogens (tertiary/aromatic N) is 5. The molecule has 6 N–H and O–H groups in total. The number of nitrogens with one attached hydrogen (secondary N) is 2. The molecular formula is C37H64Cl2FN9O4. The van der Waals surface area contributed by atoms with Crippen molar-refractivity contribution in [3.63, 3.8) is 0 Å². The van der Waals surface area contributed by atoms with Crippen molar-refractivity contribution in [1.29, 1.82) is 0 Å². The molecule has 0 aliphatic rings. The van der Waals surface area contributed by atoms with Gasteiger partial charge in [0.2, 0.25) is 0 Å². The third-order valence-corrected chi connectivity index (χ3v) is 7.50. The molecule has 0 saturated heterocycles. The van der Waals surface area contributed by atoms with E-state index in [9.17, 15) is 24.6 Å². The van der Waals surface area contributed by atoms with Gasteiger partial charge in [0.05, 0.1) is 9.85 Å². The average molecular weight is 789 g/mol. The molecule has 0 aliphatic carbocycles. The van der Waals surface area contributed by atoms with Crippen molar-refractivity contribution in [3.05, 3.63) is 97.3 Å². The highest BCUT2D eigenvalue weighted by Crippen LogP contribution is 2.21. The minimum atomic E-state index is -0.549. The van der Waals surface area contributed by atoms with Crippen LogP contribution in [-0.4, -0.2) is 106 Å². The molecule has 0 aromatic heterocycles. The number of benzene rings is 3. The Kier molecular flexibility index (Phi) is 31.0. The molecule has 0 saturated carbocycles. The van der Waals surface area contributed by atoms with Gasteiger partial charge in [-0.3, -0.25) is 20.2 Å². The van der Waals surface area contributed by atoms with Gasteiger partial charge in [-0.05, 0) is 155 Å². The third kappa shape index (κ3) is 25.8. The molecule has 3 aromatic rings. The number of halogens is 3. The zero-order chi connectivity index (χ0) is 38.9. The first-order valence-electron chi connectivity index (χ1n) is 17.2. The van der Waals surface area contributed by atoms with Gasteiger partial charge in [0, 0.05) is 54.4 Å². The molecule has 0 atom stereocenters. The summed E-state index contributed by atoms with van der Waals surface area (Å²) >= 11 is 0. The Morgan fingerprint density at radius 2 is 1.11 bits per heavy atom. The summed E-state index contributed by atoms with van der Waals surface area (Å²) in [4.78, 5) is 26.4. The van der Waals surface area contributed by atoms with Crippen LogP contribution in [0.3, 0.4) is 0 Å². The van der Waals surface area contributed by atoms with Gasteiger partial charge < -0.3 is 36.8 Å². The van der Waals surface area contributed by atoms with E-state index >= 15 is 0 Å². The number of non-ortho nitro benzene ring substituents is 2. The number of hydrogen-bond acceptors (Lipinski definition) is 11. The van der Waals surface area contributed by atoms with E-state index in [0.29, 0.717) is 5.56 Å². The van der Waals surface area contributed by atoms with Crippen molar-refractivity contribution >= 4 is 53.3 Å². The first kappa shape index (κ1) is 53.6. The molecule has 53 heavy (non-hydrogen) atoms. The fourth-order valence-corrected chi connectivity index (χ4v) is 4.34. The third-order valence-electron chi connectivity index (χ3n) is 7.50. The fourth-order valence-electron chi connectivity index (χ4n) is 4.34. The molecule has 0 heterocycles. The number of nitrogen functional groups attached to an aromatic ring is 1. The molecule has 0 bridgehead atoms. The lowest BCUT2D eigenvalue weighted by Gasteiger charge is -2.12. The molecule has 16 heteroatoms. The maximum atomic E-state index is 12.5. The summed E-state index contributed by atoms with van der Waals surface area (Å²) in [5, 5.41) is 27.4. The van der Waals surface area contributed by atoms with Crippen LogP contribution in [0.15, 0.2) is 54.6 Å². The van der Waals surface area contributed by atoms with Crippen molar-refractivity contribution in [3.8, 4) is 0 Å². The van der Waals surface area contributed by atoms with Crippen LogP contribution in [0, 0.1) is 46.8 Å². The molecule has 0 fully saturated rings. The Morgan fingerprint density at radius 3 is 1.49 bits per heavy atom. The van der Waals surface area contributed by atoms with Crippen LogP contribution in [-0.2, 0) is 0 Å². The van der Waals surface area contributed by atoms with Crippen LogP contribution in [0.5, 0.6) is 0 Å². The second kappa shape index (κ2) is 30.6. The summed E-state index contributed by atoms with van der Waals surface area (Å²) in [6.07, 6.45) is 3.31. The zero-order valence-corrected chi connectivity index (χ0v) is 34.6. The molecule has 0 spiro atoms. The van der Waals surface area contributed by atoms with E-state index in [1.54, 1.807) is 12.1 Å². The Morgan fingerprint density at radius 1 is 0.679 bits per heavy atom. The Balaban J connectivity index is -0.000000642. The largest absolute Gasteiger partial charge is 0.399 e. The summed E-state index contributed by atoms with van der Waals surface area (Å²) in [7, 11) is 10.4. The summed E-state index contributed by atoms with van der Waals surface area (Å²) in [6, 6.07) is 14.3. The fraction of sp³-hybridized carbons (Fsp3) is 0.514. The van der Waals surface area contributed by atoms with Gasteiger partial charge >= 0.3 is 0 Å². The lowest BCUT2D eigenvalue weighted by Crippen LogP contribution is -2.20. The summed E-state index contributed by atoms with van der Waals surface area (Å²) in [6.45, 7) is 14.7. The molecule has 0 aliphatic heterocycles. The van der Waals surface area contributed by atoms with Gasteiger partial charge in [-0.2, -0.15) is 0 Å². The normalized spacial score (nSPS) is 10.0. The highest BCUT2D eigenvalue weighted by atomic mass is 35.5. The molecule has 13 nitrogen and oxygen atoms in total. The zero-order valence-electron chi connectivity index (χ0n) is 33.0. The first-order valence-corrected chi connectivity index (χ1v) is 17.2. The SMILES string of the molecule is CCN(C)CCCN.Cc1cc(N)ccc1NCCCN(C)C.Cc1cc([N+](=O)[O-])ccc1F.Cc1cc([N+](=O)[O-])ccc1NCCCN(C)C.Cl.Cl. The van der Waals surface area contributed by atoms with Crippen LogP contribution >= 0.6 is 24.8 Å². The van der Waals surface area contributed by atoms with Gasteiger partial charge in [0.25, 0.3) is 11.4 Å². The molecular weight excluding hydrogens is 724 g/mol. The summed E-state index contributed by atoms with van der Waals surface area (Å²) in [5.41, 5.74) is 16.4. The lowest BCUT2D eigenvalue weighted by molar-refractivity contribution is -0.385. The highest BCUT2D eigenvalue weighted by Gasteiger charge is 2.08. The van der Waals surface area contributed by atoms with Crippen molar-refractivity contribution in [2.75, 3.05) is 97.4 Å². The van der Waals surface area contributed by atoms with Gasteiger partial charge in [0.15, 0.2) is 0 Å². The molecule has 0 amide bonds. The number of nitro benzene ring substituents is 2. The van der Waals surface area contributed by atoms with Crippen molar-refractivity contribution in [2.24, 2.45) is 5.73 Å². The van der Waals surface area contributed by atoms with E-state index in [1.807, 2.05) is 39.2 Å². The average Bonchev–Trinajstić information content (AvgIpc) is 3.07. The van der Waals surface area contributed by atoms with Crippen molar-refractivity contribution in [2.45, 2.75) is 47.0 Å². The quantitative estimate of drug-likeness (QED) is 0.0494. The molecule has 0 unspecified atom stereocenters.